The summed E-state index contributed by atoms with van der Waals surface area (Å²) in [5.41, 5.74) is 2.63. The Labute approximate surface area is 196 Å². The van der Waals surface area contributed by atoms with Crippen molar-refractivity contribution in [2.24, 2.45) is 0 Å². The Morgan fingerprint density at radius 3 is 2.21 bits per heavy atom. The van der Waals surface area contributed by atoms with E-state index in [2.05, 4.69) is 26.1 Å². The minimum atomic E-state index is -4.21. The molecule has 1 unspecified atom stereocenters. The van der Waals surface area contributed by atoms with Crippen LogP contribution in [-0.2, 0) is 15.0 Å². The summed E-state index contributed by atoms with van der Waals surface area (Å²) in [4.78, 5) is 24.5. The highest BCUT2D eigenvalue weighted by atomic mass is 19.4. The normalized spacial score (nSPS) is 16.9. The molecule has 0 bridgehead atoms. The van der Waals surface area contributed by atoms with Gasteiger partial charge in [-0.15, -0.1) is 0 Å². The molecule has 34 heavy (non-hydrogen) atoms. The molecule has 3 rings (SSSR count). The van der Waals surface area contributed by atoms with E-state index in [4.69, 9.17) is 4.74 Å². The highest BCUT2D eigenvalue weighted by molar-refractivity contribution is 6.22. The third-order valence-corrected chi connectivity index (χ3v) is 5.71. The molecule has 2 aromatic rings. The number of rotatable bonds is 7. The predicted octanol–water partition coefficient (Wildman–Crippen LogP) is 5.80. The summed E-state index contributed by atoms with van der Waals surface area (Å²) in [6, 6.07) is 13.8. The fourth-order valence-corrected chi connectivity index (χ4v) is 3.84. The van der Waals surface area contributed by atoms with Gasteiger partial charge in [0.05, 0.1) is 12.6 Å². The first-order chi connectivity index (χ1) is 15.8. The molecule has 0 aliphatic carbocycles. The van der Waals surface area contributed by atoms with E-state index in [1.807, 2.05) is 24.3 Å². The molecular weight excluding hydrogens is 447 g/mol. The molecule has 0 radical (unpaired) electrons. The van der Waals surface area contributed by atoms with E-state index in [0.717, 1.165) is 11.1 Å². The molecular formula is C26H28F3NO4. The summed E-state index contributed by atoms with van der Waals surface area (Å²) < 4.78 is 42.1. The molecule has 1 amide bonds. The number of amides is 1. The minimum Gasteiger partial charge on any atom is -0.494 e. The van der Waals surface area contributed by atoms with E-state index in [1.54, 1.807) is 24.3 Å². The molecule has 1 aliphatic heterocycles. The molecule has 182 valence electrons. The zero-order chi connectivity index (χ0) is 25.1. The van der Waals surface area contributed by atoms with Gasteiger partial charge < -0.3 is 15.2 Å². The first kappa shape index (κ1) is 25.3. The van der Waals surface area contributed by atoms with Crippen molar-refractivity contribution in [3.05, 3.63) is 70.8 Å². The number of halogens is 3. The maximum Gasteiger partial charge on any atom is 0.389 e. The van der Waals surface area contributed by atoms with Crippen molar-refractivity contribution in [3.8, 4) is 5.75 Å². The second-order valence-electron chi connectivity index (χ2n) is 9.35. The lowest BCUT2D eigenvalue weighted by Crippen LogP contribution is -2.37. The van der Waals surface area contributed by atoms with Gasteiger partial charge in [-0.3, -0.25) is 4.79 Å². The maximum atomic E-state index is 12.7. The summed E-state index contributed by atoms with van der Waals surface area (Å²) in [5.74, 6) is -1.52. The van der Waals surface area contributed by atoms with Crippen LogP contribution < -0.4 is 10.1 Å². The smallest absolute Gasteiger partial charge is 0.389 e. The van der Waals surface area contributed by atoms with E-state index in [-0.39, 0.29) is 30.4 Å². The lowest BCUT2D eigenvalue weighted by atomic mass is 9.83. The molecule has 0 saturated carbocycles. The van der Waals surface area contributed by atoms with Crippen molar-refractivity contribution in [1.29, 1.82) is 0 Å². The second kappa shape index (κ2) is 9.91. The number of benzene rings is 2. The van der Waals surface area contributed by atoms with Gasteiger partial charge in [-0.2, -0.15) is 13.2 Å². The van der Waals surface area contributed by atoms with Crippen LogP contribution in [0, 0.1) is 0 Å². The average molecular weight is 476 g/mol. The third kappa shape index (κ3) is 6.40. The fourth-order valence-electron chi connectivity index (χ4n) is 3.84. The van der Waals surface area contributed by atoms with Crippen LogP contribution in [0.25, 0.3) is 5.57 Å². The summed E-state index contributed by atoms with van der Waals surface area (Å²) in [7, 11) is 0. The third-order valence-electron chi connectivity index (χ3n) is 5.71. The van der Waals surface area contributed by atoms with E-state index in [1.165, 1.54) is 0 Å². The Bertz CT molecular complexity index is 1070. The maximum absolute atomic E-state index is 12.7. The van der Waals surface area contributed by atoms with Crippen molar-refractivity contribution >= 4 is 17.4 Å². The van der Waals surface area contributed by atoms with Gasteiger partial charge in [0.1, 0.15) is 11.3 Å². The first-order valence-electron chi connectivity index (χ1n) is 11.0. The first-order valence-corrected chi connectivity index (χ1v) is 11.0. The van der Waals surface area contributed by atoms with Crippen LogP contribution in [0.4, 0.5) is 13.2 Å². The van der Waals surface area contributed by atoms with Crippen LogP contribution in [-0.4, -0.2) is 29.8 Å². The van der Waals surface area contributed by atoms with Crippen molar-refractivity contribution in [1.82, 2.24) is 5.32 Å². The molecule has 0 aromatic heterocycles. The highest BCUT2D eigenvalue weighted by Crippen LogP contribution is 2.36. The molecule has 2 aromatic carbocycles. The Morgan fingerprint density at radius 2 is 1.68 bits per heavy atom. The highest BCUT2D eigenvalue weighted by Gasteiger charge is 2.32. The van der Waals surface area contributed by atoms with Crippen molar-refractivity contribution in [2.45, 2.75) is 57.7 Å². The zero-order valence-corrected chi connectivity index (χ0v) is 19.3. The quantitative estimate of drug-likeness (QED) is 0.392. The van der Waals surface area contributed by atoms with Gasteiger partial charge in [0.15, 0.2) is 0 Å². The number of ether oxygens (including phenoxy) is 1. The number of hydrogen-bond acceptors (Lipinski definition) is 3. The van der Waals surface area contributed by atoms with E-state index in [0.29, 0.717) is 16.9 Å². The van der Waals surface area contributed by atoms with Gasteiger partial charge in [-0.1, -0.05) is 57.2 Å². The number of hydrogen-bond donors (Lipinski definition) is 2. The van der Waals surface area contributed by atoms with Gasteiger partial charge in [-0.25, -0.2) is 4.79 Å². The van der Waals surface area contributed by atoms with Crippen LogP contribution in [0.1, 0.15) is 62.8 Å². The number of carboxylic acids is 1. The topological polar surface area (TPSA) is 75.6 Å². The van der Waals surface area contributed by atoms with Crippen LogP contribution >= 0.6 is 0 Å². The number of alkyl halides is 3. The standard InChI is InChI=1S/C26H28F3NO4/c1-25(2,3)18-9-5-16(6-10-18)20-15-21(30-23(31)22(20)24(32)33)17-7-11-19(12-8-17)34-14-4-13-26(27,28)29/h5-12,21H,4,13-15H2,1-3H3,(H,30,31)(H,32,33). The van der Waals surface area contributed by atoms with E-state index in [9.17, 15) is 27.9 Å². The molecule has 2 N–H and O–H groups in total. The van der Waals surface area contributed by atoms with E-state index < -0.39 is 30.5 Å². The van der Waals surface area contributed by atoms with Gasteiger partial charge in [0.25, 0.3) is 5.91 Å². The second-order valence-corrected chi connectivity index (χ2v) is 9.35. The summed E-state index contributed by atoms with van der Waals surface area (Å²) >= 11 is 0. The predicted molar refractivity (Wildman–Crippen MR) is 122 cm³/mol. The summed E-state index contributed by atoms with van der Waals surface area (Å²) in [6.45, 7) is 6.19. The number of carbonyl (C=O) groups excluding carboxylic acids is 1. The lowest BCUT2D eigenvalue weighted by Gasteiger charge is -2.28. The van der Waals surface area contributed by atoms with Crippen molar-refractivity contribution in [2.75, 3.05) is 6.61 Å². The van der Waals surface area contributed by atoms with Crippen LogP contribution in [0.15, 0.2) is 54.1 Å². The molecule has 5 nitrogen and oxygen atoms in total. The van der Waals surface area contributed by atoms with Crippen LogP contribution in [0.5, 0.6) is 5.75 Å². The van der Waals surface area contributed by atoms with Gasteiger partial charge >= 0.3 is 12.1 Å². The summed E-state index contributed by atoms with van der Waals surface area (Å²) in [5, 5.41) is 12.4. The van der Waals surface area contributed by atoms with Crippen molar-refractivity contribution < 1.29 is 32.6 Å². The lowest BCUT2D eigenvalue weighted by molar-refractivity contribution is -0.137. The van der Waals surface area contributed by atoms with Gasteiger partial charge in [0, 0.05) is 6.42 Å². The number of nitrogens with one attached hydrogen (secondary N) is 1. The van der Waals surface area contributed by atoms with E-state index >= 15 is 0 Å². The Morgan fingerprint density at radius 1 is 1.06 bits per heavy atom. The van der Waals surface area contributed by atoms with Crippen LogP contribution in [0.3, 0.4) is 0 Å². The minimum absolute atomic E-state index is 0.0571. The molecule has 0 saturated heterocycles. The SMILES string of the molecule is CC(C)(C)c1ccc(C2=C(C(=O)O)C(=O)NC(c3ccc(OCCCC(F)(F)F)cc3)C2)cc1. The van der Waals surface area contributed by atoms with Gasteiger partial charge in [0.2, 0.25) is 0 Å². The fraction of sp³-hybridized carbons (Fsp3) is 0.385. The number of carbonyl (C=O) groups is 2. The Kier molecular flexibility index (Phi) is 7.38. The molecule has 1 aliphatic rings. The molecule has 0 spiro atoms. The number of carboxylic acid groups (broad SMARTS) is 1. The van der Waals surface area contributed by atoms with Crippen LogP contribution in [0.2, 0.25) is 0 Å². The Balaban J connectivity index is 1.78. The van der Waals surface area contributed by atoms with Crippen molar-refractivity contribution in [3.63, 3.8) is 0 Å². The summed E-state index contributed by atoms with van der Waals surface area (Å²) in [6.07, 6.45) is -4.96. The average Bonchev–Trinajstić information content (AvgIpc) is 2.75. The zero-order valence-electron chi connectivity index (χ0n) is 19.3. The Hall–Kier alpha value is -3.29. The monoisotopic (exact) mass is 475 g/mol. The molecule has 8 heteroatoms. The van der Waals surface area contributed by atoms with Gasteiger partial charge in [-0.05, 0) is 52.7 Å². The molecule has 0 fully saturated rings. The molecule has 1 atom stereocenters. The largest absolute Gasteiger partial charge is 0.494 e. The number of aliphatic carboxylic acids is 1. The molecule has 1 heterocycles.